The van der Waals surface area contributed by atoms with Crippen LogP contribution in [0.2, 0.25) is 0 Å². The van der Waals surface area contributed by atoms with Crippen LogP contribution >= 0.6 is 0 Å². The van der Waals surface area contributed by atoms with E-state index >= 15 is 0 Å². The molecule has 1 aliphatic rings. The normalized spacial score (nSPS) is 21.7. The molecule has 0 aromatic carbocycles. The molecule has 1 atom stereocenters. The zero-order valence-corrected chi connectivity index (χ0v) is 9.58. The molecule has 1 N–H and O–H groups in total. The van der Waals surface area contributed by atoms with Crippen LogP contribution < -0.4 is 0 Å². The van der Waals surface area contributed by atoms with Gasteiger partial charge in [0, 0.05) is 19.1 Å². The summed E-state index contributed by atoms with van der Waals surface area (Å²) in [4.78, 5) is 12.8. The molecule has 1 aliphatic heterocycles. The standard InChI is InChI=1S/C11H21NO2/c1-8(5-10(13)14)12-6-9(7-12)11(2,3)4/h8-9H,5-7H2,1-4H3,(H,13,14). The largest absolute Gasteiger partial charge is 0.481 e. The van der Waals surface area contributed by atoms with Gasteiger partial charge in [0.2, 0.25) is 0 Å². The predicted molar refractivity (Wildman–Crippen MR) is 56.2 cm³/mol. The van der Waals surface area contributed by atoms with Crippen molar-refractivity contribution in [2.24, 2.45) is 11.3 Å². The van der Waals surface area contributed by atoms with E-state index in [1.54, 1.807) is 0 Å². The third-order valence-electron chi connectivity index (χ3n) is 3.23. The van der Waals surface area contributed by atoms with Crippen molar-refractivity contribution in [3.63, 3.8) is 0 Å². The SMILES string of the molecule is CC(CC(=O)O)N1CC(C(C)(C)C)C1. The first-order chi connectivity index (χ1) is 6.30. The van der Waals surface area contributed by atoms with Crippen molar-refractivity contribution in [1.29, 1.82) is 0 Å². The number of likely N-dealkylation sites (tertiary alicyclic amines) is 1. The van der Waals surface area contributed by atoms with E-state index in [4.69, 9.17) is 5.11 Å². The van der Waals surface area contributed by atoms with Gasteiger partial charge in [-0.1, -0.05) is 20.8 Å². The summed E-state index contributed by atoms with van der Waals surface area (Å²) in [6.45, 7) is 10.8. The molecule has 0 spiro atoms. The Morgan fingerprint density at radius 1 is 1.50 bits per heavy atom. The first-order valence-electron chi connectivity index (χ1n) is 5.26. The minimum Gasteiger partial charge on any atom is -0.481 e. The molecule has 0 saturated carbocycles. The zero-order valence-electron chi connectivity index (χ0n) is 9.58. The van der Waals surface area contributed by atoms with E-state index in [0.29, 0.717) is 5.41 Å². The maximum absolute atomic E-state index is 10.5. The lowest BCUT2D eigenvalue weighted by atomic mass is 9.75. The highest BCUT2D eigenvalue weighted by Crippen LogP contribution is 2.34. The molecule has 0 bridgehead atoms. The van der Waals surface area contributed by atoms with Crippen molar-refractivity contribution in [2.75, 3.05) is 13.1 Å². The first kappa shape index (κ1) is 11.5. The molecule has 82 valence electrons. The lowest BCUT2D eigenvalue weighted by Crippen LogP contribution is -2.55. The molecule has 0 aromatic rings. The van der Waals surface area contributed by atoms with Gasteiger partial charge in [-0.25, -0.2) is 0 Å². The minimum absolute atomic E-state index is 0.186. The van der Waals surface area contributed by atoms with Gasteiger partial charge in [0.25, 0.3) is 0 Å². The molecule has 3 nitrogen and oxygen atoms in total. The highest BCUT2D eigenvalue weighted by atomic mass is 16.4. The van der Waals surface area contributed by atoms with Crippen LogP contribution in [-0.4, -0.2) is 35.1 Å². The van der Waals surface area contributed by atoms with Crippen LogP contribution in [0, 0.1) is 11.3 Å². The summed E-state index contributed by atoms with van der Waals surface area (Å²) in [5.74, 6) is 0.0236. The predicted octanol–water partition coefficient (Wildman–Crippen LogP) is 1.83. The Labute approximate surface area is 86.1 Å². The lowest BCUT2D eigenvalue weighted by molar-refractivity contribution is -0.139. The topological polar surface area (TPSA) is 40.5 Å². The molecule has 14 heavy (non-hydrogen) atoms. The van der Waals surface area contributed by atoms with Gasteiger partial charge in [0.15, 0.2) is 0 Å². The van der Waals surface area contributed by atoms with Crippen molar-refractivity contribution in [2.45, 2.75) is 40.2 Å². The van der Waals surface area contributed by atoms with Crippen molar-refractivity contribution in [3.05, 3.63) is 0 Å². The van der Waals surface area contributed by atoms with Crippen LogP contribution in [0.4, 0.5) is 0 Å². The molecule has 1 rings (SSSR count). The maximum atomic E-state index is 10.5. The van der Waals surface area contributed by atoms with Gasteiger partial charge in [0.1, 0.15) is 0 Å². The highest BCUT2D eigenvalue weighted by Gasteiger charge is 2.37. The Bertz CT molecular complexity index is 214. The number of carboxylic acids is 1. The summed E-state index contributed by atoms with van der Waals surface area (Å²) in [6, 6.07) is 0.186. The number of hydrogen-bond acceptors (Lipinski definition) is 2. The second-order valence-corrected chi connectivity index (χ2v) is 5.46. The Hall–Kier alpha value is -0.570. The Morgan fingerprint density at radius 3 is 2.36 bits per heavy atom. The molecule has 1 fully saturated rings. The summed E-state index contributed by atoms with van der Waals surface area (Å²) in [5.41, 5.74) is 0.361. The monoisotopic (exact) mass is 199 g/mol. The molecule has 1 heterocycles. The van der Waals surface area contributed by atoms with Crippen LogP contribution in [-0.2, 0) is 4.79 Å². The molecular formula is C11H21NO2. The smallest absolute Gasteiger partial charge is 0.304 e. The van der Waals surface area contributed by atoms with Gasteiger partial charge in [-0.3, -0.25) is 9.69 Å². The summed E-state index contributed by atoms with van der Waals surface area (Å²) >= 11 is 0. The summed E-state index contributed by atoms with van der Waals surface area (Å²) < 4.78 is 0. The van der Waals surface area contributed by atoms with Gasteiger partial charge in [-0.05, 0) is 18.3 Å². The molecule has 1 saturated heterocycles. The fourth-order valence-electron chi connectivity index (χ4n) is 1.80. The van der Waals surface area contributed by atoms with E-state index in [-0.39, 0.29) is 12.5 Å². The van der Waals surface area contributed by atoms with E-state index in [9.17, 15) is 4.79 Å². The quantitative estimate of drug-likeness (QED) is 0.754. The average Bonchev–Trinajstić information content (AvgIpc) is 1.75. The Morgan fingerprint density at radius 2 is 2.00 bits per heavy atom. The second kappa shape index (κ2) is 3.89. The van der Waals surface area contributed by atoms with Gasteiger partial charge < -0.3 is 5.11 Å². The number of rotatable bonds is 3. The summed E-state index contributed by atoms with van der Waals surface area (Å²) in [6.07, 6.45) is 0.261. The van der Waals surface area contributed by atoms with Gasteiger partial charge in [0.05, 0.1) is 6.42 Å². The Kier molecular flexibility index (Phi) is 3.20. The maximum Gasteiger partial charge on any atom is 0.304 e. The lowest BCUT2D eigenvalue weighted by Gasteiger charge is -2.48. The van der Waals surface area contributed by atoms with E-state index in [0.717, 1.165) is 19.0 Å². The highest BCUT2D eigenvalue weighted by molar-refractivity contribution is 5.67. The Balaban J connectivity index is 2.30. The van der Waals surface area contributed by atoms with Crippen LogP contribution in [0.15, 0.2) is 0 Å². The molecule has 3 heteroatoms. The number of carbonyl (C=O) groups is 1. The van der Waals surface area contributed by atoms with Crippen molar-refractivity contribution in [1.82, 2.24) is 4.90 Å². The molecule has 0 amide bonds. The van der Waals surface area contributed by atoms with Crippen molar-refractivity contribution < 1.29 is 9.90 Å². The third kappa shape index (κ3) is 2.71. The van der Waals surface area contributed by atoms with E-state index in [1.165, 1.54) is 0 Å². The molecule has 0 aliphatic carbocycles. The van der Waals surface area contributed by atoms with Crippen molar-refractivity contribution in [3.8, 4) is 0 Å². The van der Waals surface area contributed by atoms with Crippen LogP contribution in [0.25, 0.3) is 0 Å². The molecule has 0 radical (unpaired) electrons. The third-order valence-corrected chi connectivity index (χ3v) is 3.23. The van der Waals surface area contributed by atoms with Gasteiger partial charge >= 0.3 is 5.97 Å². The van der Waals surface area contributed by atoms with Crippen molar-refractivity contribution >= 4 is 5.97 Å². The van der Waals surface area contributed by atoms with Gasteiger partial charge in [-0.15, -0.1) is 0 Å². The van der Waals surface area contributed by atoms with Crippen LogP contribution in [0.5, 0.6) is 0 Å². The number of aliphatic carboxylic acids is 1. The number of carboxylic acid groups (broad SMARTS) is 1. The van der Waals surface area contributed by atoms with E-state index in [1.807, 2.05) is 6.92 Å². The fourth-order valence-corrected chi connectivity index (χ4v) is 1.80. The molecular weight excluding hydrogens is 178 g/mol. The number of hydrogen-bond donors (Lipinski definition) is 1. The molecule has 0 aromatic heterocycles. The van der Waals surface area contributed by atoms with Gasteiger partial charge in [-0.2, -0.15) is 0 Å². The van der Waals surface area contributed by atoms with E-state index < -0.39 is 5.97 Å². The van der Waals surface area contributed by atoms with Crippen LogP contribution in [0.3, 0.4) is 0 Å². The molecule has 1 unspecified atom stereocenters. The number of nitrogens with zero attached hydrogens (tertiary/aromatic N) is 1. The van der Waals surface area contributed by atoms with E-state index in [2.05, 4.69) is 25.7 Å². The average molecular weight is 199 g/mol. The van der Waals surface area contributed by atoms with Crippen LogP contribution in [0.1, 0.15) is 34.1 Å². The zero-order chi connectivity index (χ0) is 10.9. The summed E-state index contributed by atoms with van der Waals surface area (Å²) in [7, 11) is 0. The summed E-state index contributed by atoms with van der Waals surface area (Å²) in [5, 5.41) is 8.65. The fraction of sp³-hybridized carbons (Fsp3) is 0.909. The first-order valence-corrected chi connectivity index (χ1v) is 5.26. The minimum atomic E-state index is -0.697. The second-order valence-electron chi connectivity index (χ2n) is 5.46.